The summed E-state index contributed by atoms with van der Waals surface area (Å²) in [4.78, 5) is 11.6. The van der Waals surface area contributed by atoms with Crippen molar-refractivity contribution in [1.82, 2.24) is 0 Å². The van der Waals surface area contributed by atoms with Gasteiger partial charge in [0, 0.05) is 6.42 Å². The van der Waals surface area contributed by atoms with E-state index in [4.69, 9.17) is 4.74 Å². The van der Waals surface area contributed by atoms with Gasteiger partial charge in [0.1, 0.15) is 6.10 Å². The molecule has 0 fully saturated rings. The molecule has 1 atom stereocenters. The molecule has 0 amide bonds. The molecule has 0 aliphatic carbocycles. The lowest BCUT2D eigenvalue weighted by molar-refractivity contribution is -0.132. The largest absolute Gasteiger partial charge is 0.370 e. The number of carbonyl (C=O) groups excluding carboxylic acids is 1. The molecule has 0 aromatic carbocycles. The Hall–Kier alpha value is -0.370. The second kappa shape index (κ2) is 6.26. The highest BCUT2D eigenvalue weighted by Gasteiger charge is 2.20. The first-order valence-corrected chi connectivity index (χ1v) is 5.93. The fourth-order valence-electron chi connectivity index (χ4n) is 1.11. The zero-order valence-electron chi connectivity index (χ0n) is 11.1. The molecule has 0 saturated carbocycles. The van der Waals surface area contributed by atoms with Crippen molar-refractivity contribution in [3.05, 3.63) is 0 Å². The van der Waals surface area contributed by atoms with Crippen LogP contribution in [0.25, 0.3) is 0 Å². The minimum atomic E-state index is -0.252. The molecule has 0 aliphatic rings. The molecular formula is C13H26O2. The summed E-state index contributed by atoms with van der Waals surface area (Å²) < 4.78 is 5.61. The topological polar surface area (TPSA) is 26.3 Å². The van der Waals surface area contributed by atoms with Crippen LogP contribution in [0.1, 0.15) is 54.4 Å². The summed E-state index contributed by atoms with van der Waals surface area (Å²) in [5.74, 6) is 0.639. The first kappa shape index (κ1) is 14.6. The summed E-state index contributed by atoms with van der Waals surface area (Å²) >= 11 is 0. The van der Waals surface area contributed by atoms with Crippen LogP contribution in [-0.4, -0.2) is 18.5 Å². The van der Waals surface area contributed by atoms with E-state index in [1.54, 1.807) is 0 Å². The van der Waals surface area contributed by atoms with E-state index in [0.717, 1.165) is 6.42 Å². The van der Waals surface area contributed by atoms with Crippen LogP contribution >= 0.6 is 0 Å². The van der Waals surface area contributed by atoms with Crippen LogP contribution in [0.5, 0.6) is 0 Å². The van der Waals surface area contributed by atoms with Gasteiger partial charge in [0.2, 0.25) is 0 Å². The molecule has 2 heteroatoms. The van der Waals surface area contributed by atoms with E-state index in [1.165, 1.54) is 0 Å². The molecule has 0 spiro atoms. The maximum Gasteiger partial charge on any atom is 0.161 e. The molecule has 1 unspecified atom stereocenters. The van der Waals surface area contributed by atoms with Crippen LogP contribution in [0.15, 0.2) is 0 Å². The number of carbonyl (C=O) groups is 1. The van der Waals surface area contributed by atoms with E-state index >= 15 is 0 Å². The molecule has 0 aromatic heterocycles. The number of ketones is 1. The molecule has 2 nitrogen and oxygen atoms in total. The van der Waals surface area contributed by atoms with Crippen molar-refractivity contribution in [3.63, 3.8) is 0 Å². The van der Waals surface area contributed by atoms with Crippen LogP contribution < -0.4 is 0 Å². The van der Waals surface area contributed by atoms with Crippen LogP contribution in [0.3, 0.4) is 0 Å². The second-order valence-electron chi connectivity index (χ2n) is 5.54. The Morgan fingerprint density at radius 3 is 2.20 bits per heavy atom. The quantitative estimate of drug-likeness (QED) is 0.649. The predicted molar refractivity (Wildman–Crippen MR) is 63.9 cm³/mol. The number of hydrogen-bond donors (Lipinski definition) is 0. The highest BCUT2D eigenvalue weighted by molar-refractivity contribution is 5.82. The molecule has 15 heavy (non-hydrogen) atoms. The summed E-state index contributed by atoms with van der Waals surface area (Å²) in [5.41, 5.74) is 0.173. The first-order chi connectivity index (χ1) is 6.78. The van der Waals surface area contributed by atoms with E-state index in [1.807, 2.05) is 6.92 Å². The van der Waals surface area contributed by atoms with Gasteiger partial charge in [-0.05, 0) is 24.7 Å². The summed E-state index contributed by atoms with van der Waals surface area (Å²) in [6.45, 7) is 13.1. The summed E-state index contributed by atoms with van der Waals surface area (Å²) in [7, 11) is 0. The Labute approximate surface area is 94.4 Å². The summed E-state index contributed by atoms with van der Waals surface area (Å²) in [5, 5.41) is 0. The first-order valence-electron chi connectivity index (χ1n) is 5.93. The Balaban J connectivity index is 3.93. The Morgan fingerprint density at radius 1 is 1.27 bits per heavy atom. The van der Waals surface area contributed by atoms with Crippen molar-refractivity contribution < 1.29 is 9.53 Å². The van der Waals surface area contributed by atoms with Gasteiger partial charge in [0.15, 0.2) is 5.78 Å². The standard InChI is InChI=1S/C13H26O2/c1-7-13(5,6)9-15-11(4)12(14)8-10(2)3/h10-11H,7-9H2,1-6H3. The van der Waals surface area contributed by atoms with Crippen molar-refractivity contribution >= 4 is 5.78 Å². The lowest BCUT2D eigenvalue weighted by Gasteiger charge is -2.24. The molecule has 0 radical (unpaired) electrons. The van der Waals surface area contributed by atoms with E-state index in [2.05, 4.69) is 34.6 Å². The number of Topliss-reactive ketones (excluding diaryl/α,β-unsaturated/α-hetero) is 1. The van der Waals surface area contributed by atoms with E-state index < -0.39 is 0 Å². The molecule has 0 heterocycles. The average Bonchev–Trinajstić information content (AvgIpc) is 2.13. The Kier molecular flexibility index (Phi) is 6.11. The zero-order valence-corrected chi connectivity index (χ0v) is 11.1. The van der Waals surface area contributed by atoms with Crippen molar-refractivity contribution in [2.24, 2.45) is 11.3 Å². The third-order valence-electron chi connectivity index (χ3n) is 2.74. The number of ether oxygens (including phenoxy) is 1. The van der Waals surface area contributed by atoms with Crippen LogP contribution in [0, 0.1) is 11.3 Å². The molecule has 0 N–H and O–H groups in total. The Morgan fingerprint density at radius 2 is 1.80 bits per heavy atom. The van der Waals surface area contributed by atoms with Crippen molar-refractivity contribution in [1.29, 1.82) is 0 Å². The van der Waals surface area contributed by atoms with E-state index in [9.17, 15) is 4.79 Å². The lowest BCUT2D eigenvalue weighted by Crippen LogP contribution is -2.27. The monoisotopic (exact) mass is 214 g/mol. The summed E-state index contributed by atoms with van der Waals surface area (Å²) in [6, 6.07) is 0. The predicted octanol–water partition coefficient (Wildman–Crippen LogP) is 3.44. The highest BCUT2D eigenvalue weighted by Crippen LogP contribution is 2.20. The van der Waals surface area contributed by atoms with Crippen molar-refractivity contribution in [2.75, 3.05) is 6.61 Å². The lowest BCUT2D eigenvalue weighted by atomic mass is 9.91. The van der Waals surface area contributed by atoms with Crippen molar-refractivity contribution in [3.8, 4) is 0 Å². The van der Waals surface area contributed by atoms with Gasteiger partial charge < -0.3 is 4.74 Å². The minimum absolute atomic E-state index is 0.173. The third-order valence-corrected chi connectivity index (χ3v) is 2.74. The second-order valence-corrected chi connectivity index (χ2v) is 5.54. The van der Waals surface area contributed by atoms with Crippen LogP contribution in [-0.2, 0) is 9.53 Å². The molecule has 0 aliphatic heterocycles. The normalized spacial score (nSPS) is 14.3. The summed E-state index contributed by atoms with van der Waals surface area (Å²) in [6.07, 6.45) is 1.43. The van der Waals surface area contributed by atoms with Gasteiger partial charge in [-0.3, -0.25) is 4.79 Å². The number of rotatable bonds is 7. The van der Waals surface area contributed by atoms with E-state index in [0.29, 0.717) is 18.9 Å². The maximum atomic E-state index is 11.6. The van der Waals surface area contributed by atoms with Crippen molar-refractivity contribution in [2.45, 2.75) is 60.5 Å². The average molecular weight is 214 g/mol. The van der Waals surface area contributed by atoms with Crippen LogP contribution in [0.2, 0.25) is 0 Å². The van der Waals surface area contributed by atoms with Gasteiger partial charge >= 0.3 is 0 Å². The zero-order chi connectivity index (χ0) is 12.1. The van der Waals surface area contributed by atoms with Gasteiger partial charge in [-0.1, -0.05) is 34.6 Å². The van der Waals surface area contributed by atoms with Gasteiger partial charge in [-0.25, -0.2) is 0 Å². The van der Waals surface area contributed by atoms with Gasteiger partial charge in [0.05, 0.1) is 6.61 Å². The Bertz CT molecular complexity index is 195. The van der Waals surface area contributed by atoms with Crippen LogP contribution in [0.4, 0.5) is 0 Å². The van der Waals surface area contributed by atoms with Gasteiger partial charge in [0.25, 0.3) is 0 Å². The van der Waals surface area contributed by atoms with Gasteiger partial charge in [-0.15, -0.1) is 0 Å². The molecule has 0 bridgehead atoms. The molecule has 0 aromatic rings. The maximum absolute atomic E-state index is 11.6. The molecule has 0 saturated heterocycles. The SMILES string of the molecule is CCC(C)(C)COC(C)C(=O)CC(C)C. The molecule has 90 valence electrons. The van der Waals surface area contributed by atoms with Gasteiger partial charge in [-0.2, -0.15) is 0 Å². The van der Waals surface area contributed by atoms with E-state index in [-0.39, 0.29) is 17.3 Å². The molecule has 0 rings (SSSR count). The smallest absolute Gasteiger partial charge is 0.161 e. The minimum Gasteiger partial charge on any atom is -0.370 e. The third kappa shape index (κ3) is 6.67. The molecular weight excluding hydrogens is 188 g/mol. The number of hydrogen-bond acceptors (Lipinski definition) is 2. The fourth-order valence-corrected chi connectivity index (χ4v) is 1.11. The highest BCUT2D eigenvalue weighted by atomic mass is 16.5. The fraction of sp³-hybridized carbons (Fsp3) is 0.923.